The minimum absolute atomic E-state index is 0.188. The monoisotopic (exact) mass is 189 g/mol. The third-order valence-electron chi connectivity index (χ3n) is 1.32. The number of nitrogens with one attached hydrogen (secondary N) is 1. The molecule has 0 aliphatic heterocycles. The SMILES string of the molecule is CCOCC(C)NC(=O)C(=O)OC. The lowest BCUT2D eigenvalue weighted by Gasteiger charge is -2.11. The Kier molecular flexibility index (Phi) is 5.88. The molecule has 0 saturated heterocycles. The summed E-state index contributed by atoms with van der Waals surface area (Å²) in [4.78, 5) is 21.6. The first kappa shape index (κ1) is 11.9. The number of hydrogen-bond acceptors (Lipinski definition) is 4. The van der Waals surface area contributed by atoms with Crippen LogP contribution in [-0.2, 0) is 19.1 Å². The fourth-order valence-corrected chi connectivity index (χ4v) is 0.712. The van der Waals surface area contributed by atoms with Crippen LogP contribution in [0.2, 0.25) is 0 Å². The van der Waals surface area contributed by atoms with E-state index in [1.54, 1.807) is 6.92 Å². The van der Waals surface area contributed by atoms with E-state index < -0.39 is 11.9 Å². The van der Waals surface area contributed by atoms with E-state index in [0.717, 1.165) is 7.11 Å². The minimum Gasteiger partial charge on any atom is -0.462 e. The minimum atomic E-state index is -0.886. The molecule has 76 valence electrons. The van der Waals surface area contributed by atoms with Crippen molar-refractivity contribution >= 4 is 11.9 Å². The normalized spacial score (nSPS) is 11.9. The van der Waals surface area contributed by atoms with Crippen molar-refractivity contribution in [2.75, 3.05) is 20.3 Å². The zero-order valence-corrected chi connectivity index (χ0v) is 8.12. The highest BCUT2D eigenvalue weighted by Gasteiger charge is 2.15. The zero-order chi connectivity index (χ0) is 10.3. The number of hydrogen-bond donors (Lipinski definition) is 1. The van der Waals surface area contributed by atoms with E-state index in [4.69, 9.17) is 4.74 Å². The smallest absolute Gasteiger partial charge is 0.396 e. The summed E-state index contributed by atoms with van der Waals surface area (Å²) in [5.74, 6) is -1.63. The first-order chi connectivity index (χ1) is 6.11. The third-order valence-corrected chi connectivity index (χ3v) is 1.32. The molecule has 1 N–H and O–H groups in total. The van der Waals surface area contributed by atoms with E-state index in [-0.39, 0.29) is 6.04 Å². The Hall–Kier alpha value is -1.10. The second kappa shape index (κ2) is 6.42. The predicted octanol–water partition coefficient (Wildman–Crippen LogP) is -0.299. The molecule has 1 unspecified atom stereocenters. The fourth-order valence-electron chi connectivity index (χ4n) is 0.712. The number of carbonyl (C=O) groups is 2. The highest BCUT2D eigenvalue weighted by molar-refractivity contribution is 6.32. The molecule has 0 rings (SSSR count). The van der Waals surface area contributed by atoms with Gasteiger partial charge in [0.15, 0.2) is 0 Å². The Balaban J connectivity index is 3.71. The Morgan fingerprint density at radius 1 is 1.46 bits per heavy atom. The van der Waals surface area contributed by atoms with Crippen LogP contribution in [0.3, 0.4) is 0 Å². The van der Waals surface area contributed by atoms with E-state index in [1.807, 2.05) is 6.92 Å². The molecule has 5 nitrogen and oxygen atoms in total. The molecule has 0 heterocycles. The van der Waals surface area contributed by atoms with Crippen LogP contribution in [0.4, 0.5) is 0 Å². The largest absolute Gasteiger partial charge is 0.462 e. The Morgan fingerprint density at radius 2 is 2.08 bits per heavy atom. The molecule has 0 bridgehead atoms. The van der Waals surface area contributed by atoms with Gasteiger partial charge in [-0.1, -0.05) is 0 Å². The maximum Gasteiger partial charge on any atom is 0.396 e. The molecule has 1 atom stereocenters. The summed E-state index contributed by atoms with van der Waals surface area (Å²) in [6.45, 7) is 4.57. The van der Waals surface area contributed by atoms with Gasteiger partial charge in [0, 0.05) is 12.6 Å². The number of amides is 1. The second-order valence-electron chi connectivity index (χ2n) is 2.53. The van der Waals surface area contributed by atoms with Gasteiger partial charge < -0.3 is 14.8 Å². The fraction of sp³-hybridized carbons (Fsp3) is 0.750. The molecule has 1 amide bonds. The van der Waals surface area contributed by atoms with Gasteiger partial charge in [0.25, 0.3) is 0 Å². The first-order valence-electron chi connectivity index (χ1n) is 4.08. The van der Waals surface area contributed by atoms with E-state index in [1.165, 1.54) is 0 Å². The molecule has 0 aromatic heterocycles. The number of rotatable bonds is 4. The summed E-state index contributed by atoms with van der Waals surface area (Å²) in [6.07, 6.45) is 0. The van der Waals surface area contributed by atoms with Crippen molar-refractivity contribution in [2.24, 2.45) is 0 Å². The predicted molar refractivity (Wildman–Crippen MR) is 46.1 cm³/mol. The van der Waals surface area contributed by atoms with Crippen molar-refractivity contribution < 1.29 is 19.1 Å². The topological polar surface area (TPSA) is 64.6 Å². The van der Waals surface area contributed by atoms with Crippen molar-refractivity contribution in [3.8, 4) is 0 Å². The van der Waals surface area contributed by atoms with Crippen molar-refractivity contribution in [3.63, 3.8) is 0 Å². The van der Waals surface area contributed by atoms with Crippen LogP contribution in [-0.4, -0.2) is 38.2 Å². The van der Waals surface area contributed by atoms with Crippen molar-refractivity contribution in [3.05, 3.63) is 0 Å². The van der Waals surface area contributed by atoms with Gasteiger partial charge in [0.1, 0.15) is 0 Å². The maximum absolute atomic E-state index is 10.9. The molecule has 0 fully saturated rings. The van der Waals surface area contributed by atoms with Crippen LogP contribution in [0.1, 0.15) is 13.8 Å². The molecule has 0 aliphatic rings. The number of esters is 1. The lowest BCUT2D eigenvalue weighted by atomic mass is 10.3. The summed E-state index contributed by atoms with van der Waals surface area (Å²) < 4.78 is 9.27. The zero-order valence-electron chi connectivity index (χ0n) is 8.12. The van der Waals surface area contributed by atoms with E-state index in [0.29, 0.717) is 13.2 Å². The molecule has 0 saturated carbocycles. The van der Waals surface area contributed by atoms with E-state index >= 15 is 0 Å². The third kappa shape index (κ3) is 5.19. The van der Waals surface area contributed by atoms with Gasteiger partial charge in [-0.15, -0.1) is 0 Å². The van der Waals surface area contributed by atoms with Crippen LogP contribution < -0.4 is 5.32 Å². The Labute approximate surface area is 77.4 Å². The van der Waals surface area contributed by atoms with Gasteiger partial charge in [0.2, 0.25) is 0 Å². The molecule has 0 spiro atoms. The Morgan fingerprint density at radius 3 is 2.54 bits per heavy atom. The summed E-state index contributed by atoms with van der Waals surface area (Å²) in [5.41, 5.74) is 0. The summed E-state index contributed by atoms with van der Waals surface area (Å²) in [6, 6.07) is -0.188. The highest BCUT2D eigenvalue weighted by Crippen LogP contribution is 1.85. The van der Waals surface area contributed by atoms with Gasteiger partial charge in [-0.2, -0.15) is 0 Å². The second-order valence-corrected chi connectivity index (χ2v) is 2.53. The van der Waals surface area contributed by atoms with Gasteiger partial charge in [-0.3, -0.25) is 4.79 Å². The molecule has 0 aliphatic carbocycles. The Bertz CT molecular complexity index is 181. The molecule has 0 radical (unpaired) electrons. The molecule has 0 aromatic rings. The van der Waals surface area contributed by atoms with Gasteiger partial charge in [0.05, 0.1) is 13.7 Å². The molecule has 13 heavy (non-hydrogen) atoms. The van der Waals surface area contributed by atoms with E-state index in [2.05, 4.69) is 10.1 Å². The number of carbonyl (C=O) groups excluding carboxylic acids is 2. The first-order valence-corrected chi connectivity index (χ1v) is 4.08. The molecular formula is C8H15NO4. The molecule has 0 aromatic carbocycles. The molecule has 5 heteroatoms. The van der Waals surface area contributed by atoms with Crippen LogP contribution in [0.25, 0.3) is 0 Å². The van der Waals surface area contributed by atoms with Gasteiger partial charge in [-0.05, 0) is 13.8 Å². The lowest BCUT2D eigenvalue weighted by molar-refractivity contribution is -0.153. The number of ether oxygens (including phenoxy) is 2. The van der Waals surface area contributed by atoms with Gasteiger partial charge in [-0.25, -0.2) is 4.79 Å². The van der Waals surface area contributed by atoms with Crippen LogP contribution in [0.5, 0.6) is 0 Å². The van der Waals surface area contributed by atoms with Crippen molar-refractivity contribution in [1.82, 2.24) is 5.32 Å². The number of methoxy groups -OCH3 is 1. The summed E-state index contributed by atoms with van der Waals surface area (Å²) in [7, 11) is 1.16. The average Bonchev–Trinajstić information content (AvgIpc) is 2.13. The average molecular weight is 189 g/mol. The lowest BCUT2D eigenvalue weighted by Crippen LogP contribution is -2.40. The van der Waals surface area contributed by atoms with Crippen LogP contribution in [0.15, 0.2) is 0 Å². The van der Waals surface area contributed by atoms with Crippen LogP contribution in [0, 0.1) is 0 Å². The molecular weight excluding hydrogens is 174 g/mol. The van der Waals surface area contributed by atoms with Crippen LogP contribution >= 0.6 is 0 Å². The highest BCUT2D eigenvalue weighted by atomic mass is 16.5. The summed E-state index contributed by atoms with van der Waals surface area (Å²) >= 11 is 0. The summed E-state index contributed by atoms with van der Waals surface area (Å²) in [5, 5.41) is 2.43. The van der Waals surface area contributed by atoms with E-state index in [9.17, 15) is 9.59 Å². The van der Waals surface area contributed by atoms with Crippen molar-refractivity contribution in [2.45, 2.75) is 19.9 Å². The van der Waals surface area contributed by atoms with Gasteiger partial charge >= 0.3 is 11.9 Å². The standard InChI is InChI=1S/C8H15NO4/c1-4-13-5-6(2)9-7(10)8(11)12-3/h6H,4-5H2,1-3H3,(H,9,10). The maximum atomic E-state index is 10.9. The quantitative estimate of drug-likeness (QED) is 0.487. The van der Waals surface area contributed by atoms with Crippen molar-refractivity contribution in [1.29, 1.82) is 0 Å².